The van der Waals surface area contributed by atoms with Crippen molar-refractivity contribution < 1.29 is 40.6 Å². The van der Waals surface area contributed by atoms with Crippen molar-refractivity contribution in [3.05, 3.63) is 44.0 Å². The van der Waals surface area contributed by atoms with E-state index < -0.39 is 44.8 Å². The Morgan fingerprint density at radius 3 is 1.59 bits per heavy atom. The Morgan fingerprint density at radius 2 is 1.27 bits per heavy atom. The van der Waals surface area contributed by atoms with Gasteiger partial charge in [-0.25, -0.2) is 4.39 Å². The summed E-state index contributed by atoms with van der Waals surface area (Å²) in [6, 6.07) is 0.396. The number of halogens is 7. The van der Waals surface area contributed by atoms with Gasteiger partial charge in [-0.3, -0.25) is 20.2 Å². The minimum Gasteiger partial charge on any atom is -0.258 e. The molecule has 13 heteroatoms. The van der Waals surface area contributed by atoms with Crippen molar-refractivity contribution >= 4 is 11.4 Å². The second kappa shape index (κ2) is 5.06. The molecule has 0 aliphatic carbocycles. The lowest BCUT2D eigenvalue weighted by Crippen LogP contribution is -2.50. The molecule has 0 amide bonds. The highest BCUT2D eigenvalue weighted by Gasteiger charge is 2.75. The molecule has 122 valence electrons. The van der Waals surface area contributed by atoms with Gasteiger partial charge >= 0.3 is 29.4 Å². The van der Waals surface area contributed by atoms with Crippen LogP contribution in [-0.4, -0.2) is 22.2 Å². The van der Waals surface area contributed by atoms with Gasteiger partial charge in [0.15, 0.2) is 0 Å². The quantitative estimate of drug-likeness (QED) is 0.477. The second-order valence-corrected chi connectivity index (χ2v) is 3.84. The van der Waals surface area contributed by atoms with E-state index in [0.29, 0.717) is 0 Å². The number of rotatable bonds is 3. The average Bonchev–Trinajstić information content (AvgIpc) is 2.33. The Morgan fingerprint density at radius 1 is 0.818 bits per heavy atom. The maximum atomic E-state index is 13.8. The zero-order valence-corrected chi connectivity index (χ0v) is 9.91. The fourth-order valence-corrected chi connectivity index (χ4v) is 1.61. The first-order valence-electron chi connectivity index (χ1n) is 4.99. The first kappa shape index (κ1) is 17.6. The third-order valence-corrected chi connectivity index (χ3v) is 2.55. The summed E-state index contributed by atoms with van der Waals surface area (Å²) in [6.07, 6.45) is -13.2. The molecule has 0 aromatic heterocycles. The fourth-order valence-electron chi connectivity index (χ4n) is 1.61. The van der Waals surface area contributed by atoms with Crippen LogP contribution < -0.4 is 0 Å². The average molecular weight is 336 g/mol. The highest BCUT2D eigenvalue weighted by Crippen LogP contribution is 2.56. The normalized spacial score (nSPS) is 13.0. The van der Waals surface area contributed by atoms with Crippen LogP contribution in [0.1, 0.15) is 5.56 Å². The molecule has 0 bridgehead atoms. The molecule has 0 saturated heterocycles. The van der Waals surface area contributed by atoms with Gasteiger partial charge in [-0.2, -0.15) is 26.3 Å². The minimum absolute atomic E-state index is 0.174. The van der Waals surface area contributed by atoms with Gasteiger partial charge < -0.3 is 0 Å². The third-order valence-electron chi connectivity index (χ3n) is 2.55. The lowest BCUT2D eigenvalue weighted by atomic mass is 9.92. The van der Waals surface area contributed by atoms with Gasteiger partial charge in [-0.15, -0.1) is 0 Å². The molecule has 0 saturated carbocycles. The summed E-state index contributed by atoms with van der Waals surface area (Å²) in [6.45, 7) is 0. The van der Waals surface area contributed by atoms with Crippen molar-refractivity contribution in [1.29, 1.82) is 0 Å². The van der Waals surface area contributed by atoms with Crippen LogP contribution in [-0.2, 0) is 5.67 Å². The van der Waals surface area contributed by atoms with Crippen LogP contribution in [0, 0.1) is 20.2 Å². The molecule has 0 heterocycles. The summed E-state index contributed by atoms with van der Waals surface area (Å²) in [5.41, 5.74) is -12.6. The van der Waals surface area contributed by atoms with Crippen molar-refractivity contribution in [2.45, 2.75) is 18.0 Å². The molecule has 0 N–H and O–H groups in total. The van der Waals surface area contributed by atoms with E-state index in [1.165, 1.54) is 0 Å². The molecule has 1 aromatic rings. The Labute approximate surface area is 115 Å². The highest BCUT2D eigenvalue weighted by molar-refractivity contribution is 5.60. The molecule has 0 radical (unpaired) electrons. The molecular formula is C9H3F7N2O4. The van der Waals surface area contributed by atoms with E-state index >= 15 is 0 Å². The Kier molecular flexibility index (Phi) is 4.05. The number of benzene rings is 1. The number of para-hydroxylation sites is 1. The maximum absolute atomic E-state index is 13.8. The number of hydrogen-bond donors (Lipinski definition) is 0. The van der Waals surface area contributed by atoms with E-state index in [2.05, 4.69) is 0 Å². The molecule has 6 nitrogen and oxygen atoms in total. The van der Waals surface area contributed by atoms with E-state index in [0.717, 1.165) is 0 Å². The molecule has 0 aliphatic heterocycles. The number of nitrogens with zero attached hydrogens (tertiary/aromatic N) is 2. The molecule has 1 aromatic carbocycles. The predicted molar refractivity (Wildman–Crippen MR) is 54.6 cm³/mol. The van der Waals surface area contributed by atoms with Crippen LogP contribution in [0.3, 0.4) is 0 Å². The highest BCUT2D eigenvalue weighted by atomic mass is 19.4. The Hall–Kier alpha value is -2.47. The van der Waals surface area contributed by atoms with Gasteiger partial charge in [0.2, 0.25) is 0 Å². The molecule has 22 heavy (non-hydrogen) atoms. The number of alkyl halides is 7. The van der Waals surface area contributed by atoms with Crippen LogP contribution >= 0.6 is 0 Å². The van der Waals surface area contributed by atoms with Crippen molar-refractivity contribution in [2.24, 2.45) is 0 Å². The monoisotopic (exact) mass is 336 g/mol. The predicted octanol–water partition coefficient (Wildman–Crippen LogP) is 3.79. The zero-order valence-electron chi connectivity index (χ0n) is 9.91. The van der Waals surface area contributed by atoms with Crippen molar-refractivity contribution in [3.63, 3.8) is 0 Å². The number of nitro groups is 2. The molecule has 0 aliphatic rings. The SMILES string of the molecule is O=[N+]([O-])c1cccc(C(F)(C(F)(F)F)C(F)(F)F)c1[N+](=O)[O-]. The lowest BCUT2D eigenvalue weighted by Gasteiger charge is -2.29. The smallest absolute Gasteiger partial charge is 0.258 e. The van der Waals surface area contributed by atoms with E-state index in [-0.39, 0.29) is 18.2 Å². The molecule has 1 rings (SSSR count). The first-order valence-corrected chi connectivity index (χ1v) is 4.99. The van der Waals surface area contributed by atoms with Crippen LogP contribution in [0.5, 0.6) is 0 Å². The summed E-state index contributed by atoms with van der Waals surface area (Å²) in [4.78, 5) is 17.7. The molecule has 0 fully saturated rings. The molecule has 0 spiro atoms. The summed E-state index contributed by atoms with van der Waals surface area (Å²) in [5, 5.41) is 21.2. The van der Waals surface area contributed by atoms with Gasteiger partial charge in [0.05, 0.1) is 15.4 Å². The van der Waals surface area contributed by atoms with Crippen LogP contribution in [0.2, 0.25) is 0 Å². The summed E-state index contributed by atoms with van der Waals surface area (Å²) < 4.78 is 89.3. The van der Waals surface area contributed by atoms with Gasteiger partial charge in [0, 0.05) is 6.07 Å². The zero-order chi connectivity index (χ0) is 17.5. The van der Waals surface area contributed by atoms with Gasteiger partial charge in [-0.1, -0.05) is 6.07 Å². The Balaban J connectivity index is 3.91. The van der Waals surface area contributed by atoms with E-state index in [4.69, 9.17) is 0 Å². The Bertz CT molecular complexity index is 611. The van der Waals surface area contributed by atoms with Crippen LogP contribution in [0.25, 0.3) is 0 Å². The van der Waals surface area contributed by atoms with E-state index in [1.54, 1.807) is 0 Å². The van der Waals surface area contributed by atoms with Crippen molar-refractivity contribution in [3.8, 4) is 0 Å². The van der Waals surface area contributed by atoms with E-state index in [1.807, 2.05) is 0 Å². The number of nitro benzene ring substituents is 2. The van der Waals surface area contributed by atoms with Gasteiger partial charge in [-0.05, 0) is 6.07 Å². The van der Waals surface area contributed by atoms with E-state index in [9.17, 15) is 51.0 Å². The van der Waals surface area contributed by atoms with Crippen molar-refractivity contribution in [2.75, 3.05) is 0 Å². The molecule has 0 unspecified atom stereocenters. The fraction of sp³-hybridized carbons (Fsp3) is 0.333. The summed E-state index contributed by atoms with van der Waals surface area (Å²) >= 11 is 0. The van der Waals surface area contributed by atoms with Crippen LogP contribution in [0.4, 0.5) is 42.1 Å². The molecule has 0 atom stereocenters. The summed E-state index contributed by atoms with van der Waals surface area (Å²) in [7, 11) is 0. The number of hydrogen-bond acceptors (Lipinski definition) is 4. The first-order chi connectivity index (χ1) is 9.75. The topological polar surface area (TPSA) is 86.3 Å². The third kappa shape index (κ3) is 2.53. The van der Waals surface area contributed by atoms with Crippen LogP contribution in [0.15, 0.2) is 18.2 Å². The lowest BCUT2D eigenvalue weighted by molar-refractivity contribution is -0.426. The summed E-state index contributed by atoms with van der Waals surface area (Å²) in [5.74, 6) is 0. The molecular weight excluding hydrogens is 333 g/mol. The minimum atomic E-state index is -6.62. The largest absolute Gasteiger partial charge is 0.436 e. The second-order valence-electron chi connectivity index (χ2n) is 3.84. The van der Waals surface area contributed by atoms with Gasteiger partial charge in [0.25, 0.3) is 0 Å². The standard InChI is InChI=1S/C9H3F7N2O4/c10-7(8(11,12)13,9(14,15)16)4-2-1-3-5(17(19)20)6(4)18(21)22/h1-3H. The maximum Gasteiger partial charge on any atom is 0.436 e. The van der Waals surface area contributed by atoms with Gasteiger partial charge in [0.1, 0.15) is 0 Å². The van der Waals surface area contributed by atoms with Crippen molar-refractivity contribution in [1.82, 2.24) is 0 Å².